The molecule has 65 nitrogen and oxygen atoms in total. The number of anilines is 5. The Balaban J connectivity index is 0.000000225. The number of esters is 2. The van der Waals surface area contributed by atoms with Crippen molar-refractivity contribution in [3.8, 4) is 0 Å². The zero-order chi connectivity index (χ0) is 109. The van der Waals surface area contributed by atoms with Gasteiger partial charge in [0.15, 0.2) is 74.5 Å². The molecule has 0 bridgehead atoms. The number of alkyl halides is 5. The van der Waals surface area contributed by atoms with Crippen molar-refractivity contribution in [3.63, 3.8) is 0 Å². The number of carboxylic acid groups (broad SMARTS) is 2. The molecule has 12 rings (SSSR count). The quantitative estimate of drug-likeness (QED) is 0.00319. The van der Waals surface area contributed by atoms with Crippen LogP contribution < -0.4 is 55.0 Å². The second-order valence-electron chi connectivity index (χ2n) is 32.0. The zero-order valence-electron chi connectivity index (χ0n) is 76.9. The van der Waals surface area contributed by atoms with Crippen molar-refractivity contribution in [1.82, 2.24) is 52.7 Å². The number of fused-ring (bicyclic) bond motifs is 1. The number of hydrogen-bond donors (Lipinski definition) is 18. The van der Waals surface area contributed by atoms with E-state index in [1.807, 2.05) is 30.3 Å². The van der Waals surface area contributed by atoms with Crippen LogP contribution in [0.25, 0.3) is 63.1 Å². The SMILES string of the molecule is CC(C)[C@@H](Nc1ccn(C2O[C@@](CO)(N=[N+]=[N-])C(O)[C@@H]2F)c(=O)n1)C(=O)O.COC(=O)C[C@@H](COC=O)Nc1ccn(C2O[C@@](CO)(N=[N+]=[N-])C(O)[C@@H]2F)c(=O)n1.COC(=O)[C@H](Nc1ccn(C2O[C@@](CO)(N=[N+]=[N-])C(O)[C@@H]2F)c(=O)n1)C(C)C.[N-]=[N+]=N[C@]1(CO)OC(n2ccc(N[C@@H](CC(=O)O)OC=O)nc2=O)[C@@H](F)C1O.[N-]=[N+]=N[C@]1(CO)OC(n2ccc(N[C@H](Cc3cc4ccccc4[nH]3)OC=O)nc2=O)[C@@H](F)C1O. The summed E-state index contributed by atoms with van der Waals surface area (Å²) < 4.78 is 125. The molecule has 147 heavy (non-hydrogen) atoms. The van der Waals surface area contributed by atoms with Gasteiger partial charge < -0.3 is 140 Å². The summed E-state index contributed by atoms with van der Waals surface area (Å²) in [5, 5.41) is 144. The van der Waals surface area contributed by atoms with Gasteiger partial charge in [-0.05, 0) is 87.3 Å². The van der Waals surface area contributed by atoms with Crippen LogP contribution in [0.15, 0.2) is 141 Å². The van der Waals surface area contributed by atoms with E-state index >= 15 is 0 Å². The van der Waals surface area contributed by atoms with Crippen LogP contribution in [0.4, 0.5) is 51.0 Å². The molecule has 0 saturated carbocycles. The topological polar surface area (TPSA) is 949 Å². The van der Waals surface area contributed by atoms with Gasteiger partial charge in [-0.2, -0.15) is 24.9 Å². The van der Waals surface area contributed by atoms with Crippen molar-refractivity contribution >= 4 is 83.3 Å². The van der Waals surface area contributed by atoms with E-state index in [0.717, 1.165) is 62.8 Å². The van der Waals surface area contributed by atoms with Gasteiger partial charge in [-0.25, -0.2) is 55.5 Å². The van der Waals surface area contributed by atoms with Crippen LogP contribution in [0.1, 0.15) is 77.4 Å². The van der Waals surface area contributed by atoms with E-state index in [1.165, 1.54) is 38.5 Å². The monoisotopic (exact) mass is 2090 g/mol. The predicted molar refractivity (Wildman–Crippen MR) is 476 cm³/mol. The van der Waals surface area contributed by atoms with Crippen molar-refractivity contribution in [2.75, 3.05) is 80.4 Å². The number of carbonyl (C=O) groups is 7. The maximum atomic E-state index is 14.7. The largest absolute Gasteiger partial charge is 0.481 e. The van der Waals surface area contributed by atoms with Crippen molar-refractivity contribution in [1.29, 1.82) is 0 Å². The molecule has 70 heteroatoms. The smallest absolute Gasteiger partial charge is 0.351 e. The number of halogens is 5. The number of nitrogens with zero attached hydrogens (tertiary/aromatic N) is 25. The van der Waals surface area contributed by atoms with Crippen molar-refractivity contribution in [3.05, 3.63) is 202 Å². The number of hydrogen-bond acceptors (Lipinski definition) is 47. The maximum absolute atomic E-state index is 14.7. The minimum atomic E-state index is -2.32. The molecular formula is C77H94F5N31O34. The summed E-state index contributed by atoms with van der Waals surface area (Å²) in [6.07, 6.45) is -27.0. The Morgan fingerprint density at radius 1 is 0.456 bits per heavy atom. The molecule has 0 aliphatic carbocycles. The van der Waals surface area contributed by atoms with E-state index in [2.05, 4.69) is 121 Å². The minimum absolute atomic E-state index is 0.00742. The summed E-state index contributed by atoms with van der Waals surface area (Å²) >= 11 is 0. The Labute approximate surface area is 816 Å². The number of aliphatic carboxylic acids is 2. The average Bonchev–Trinajstić information content (AvgIpc) is 1.63. The highest BCUT2D eigenvalue weighted by atomic mass is 19.2. The van der Waals surface area contributed by atoms with Gasteiger partial charge in [0.25, 0.3) is 19.4 Å². The number of carbonyl (C=O) groups excluding carboxylic acids is 5. The summed E-state index contributed by atoms with van der Waals surface area (Å²) in [7, 11) is 2.40. The molecule has 796 valence electrons. The number of benzene rings is 1. The first-order valence-electron chi connectivity index (χ1n) is 42.4. The summed E-state index contributed by atoms with van der Waals surface area (Å²) in [4.78, 5) is 172. The van der Waals surface area contributed by atoms with E-state index in [0.29, 0.717) is 13.7 Å². The molecule has 25 atom stereocenters. The molecule has 0 radical (unpaired) electrons. The van der Waals surface area contributed by atoms with Gasteiger partial charge in [-0.3, -0.25) is 46.8 Å². The molecule has 7 aromatic rings. The number of rotatable bonds is 42. The van der Waals surface area contributed by atoms with Crippen molar-refractivity contribution < 1.29 is 164 Å². The summed E-state index contributed by atoms with van der Waals surface area (Å²) in [6, 6.07) is 13.2. The number of nitrogens with one attached hydrogen (secondary N) is 6. The number of aliphatic hydroxyl groups is 10. The van der Waals surface area contributed by atoms with Gasteiger partial charge in [0, 0.05) is 73.2 Å². The number of aromatic nitrogens is 11. The fourth-order valence-electron chi connectivity index (χ4n) is 14.4. The zero-order valence-corrected chi connectivity index (χ0v) is 76.9. The molecule has 6 aromatic heterocycles. The highest BCUT2D eigenvalue weighted by Gasteiger charge is 2.61. The molecule has 5 saturated heterocycles. The fraction of sp³-hybridized carbons (Fsp3) is 0.545. The summed E-state index contributed by atoms with van der Waals surface area (Å²) in [6.45, 7) is 2.01. The first-order valence-corrected chi connectivity index (χ1v) is 42.4. The Morgan fingerprint density at radius 2 is 0.762 bits per heavy atom. The van der Waals surface area contributed by atoms with Crippen LogP contribution in [0.3, 0.4) is 0 Å². The van der Waals surface area contributed by atoms with E-state index in [4.69, 9.17) is 71.0 Å². The highest BCUT2D eigenvalue weighted by Crippen LogP contribution is 2.45. The lowest BCUT2D eigenvalue weighted by atomic mass is 10.0. The molecular weight excluding hydrogens is 2000 g/mol. The number of H-pyrrole nitrogens is 1. The first-order chi connectivity index (χ1) is 69.8. The summed E-state index contributed by atoms with van der Waals surface area (Å²) in [5.41, 5.74) is 28.1. The Morgan fingerprint density at radius 3 is 1.03 bits per heavy atom. The lowest BCUT2D eigenvalue weighted by Gasteiger charge is -2.23. The van der Waals surface area contributed by atoms with E-state index in [1.54, 1.807) is 27.7 Å². The fourth-order valence-corrected chi connectivity index (χ4v) is 14.4. The van der Waals surface area contributed by atoms with Crippen LogP contribution in [0, 0.1) is 11.8 Å². The van der Waals surface area contributed by atoms with Gasteiger partial charge >= 0.3 is 52.3 Å². The number of azide groups is 5. The molecule has 0 spiro atoms. The molecule has 5 aliphatic rings. The second-order valence-corrected chi connectivity index (χ2v) is 32.0. The summed E-state index contributed by atoms with van der Waals surface area (Å²) in [5.74, 6) is -4.25. The lowest BCUT2D eigenvalue weighted by Crippen LogP contribution is -2.43. The maximum Gasteiger partial charge on any atom is 0.351 e. The normalized spacial score (nSPS) is 26.9. The number of methoxy groups -OCH3 is 2. The third-order valence-corrected chi connectivity index (χ3v) is 22.0. The number of aromatic amines is 1. The number of carboxylic acids is 2. The second kappa shape index (κ2) is 52.0. The predicted octanol–water partition coefficient (Wildman–Crippen LogP) is -0.982. The Bertz CT molecular complexity index is 6340. The third-order valence-electron chi connectivity index (χ3n) is 22.0. The molecule has 1 aromatic carbocycles. The Kier molecular flexibility index (Phi) is 41.2. The first kappa shape index (κ1) is 116. The molecule has 10 unspecified atom stereocenters. The van der Waals surface area contributed by atoms with Gasteiger partial charge in [0.2, 0.25) is 28.6 Å². The Hall–Kier alpha value is -15.9. The number of para-hydroxylation sites is 1. The minimum Gasteiger partial charge on any atom is -0.481 e. The molecule has 5 aliphatic heterocycles. The third kappa shape index (κ3) is 27.2. The molecule has 18 N–H and O–H groups in total. The standard InChI is InChI=1S/C20H20FN7O6.C15H19FN6O8.C15H21FN6O6.C14H19FN6O6.C13H15FN6O8/c21-16-17(31)20(9-29,26-27-22)34-18(16)28-6-5-14(25-19(28)32)24-15(33-10-30)8-12-7-11-3-1-2-4-13(11)23-12;1-28-10(25)4-8(5-29-7-24)18-9-2-3-22(14(27)19-9)13-11(16)12(26)15(6-23,30-13)20-21-17;1-7(2)10(13(25)27-3)18-8-4-5-22(14(26)19-8)12-9(16)11(24)15(6-23,28-12)20-21-17;1-6(2)9(12(24)25)17-7-3-4-21(13(26)18-7)11-8(15)10(23)14(5-22,27-11)19-20-16;14-9-10(25)13(4-21,18-19-15)28-11(9)20-2-1-6(17-12(20)26)16-7(27-5-22)3-8(23)24/h1-7,10,15-18,23,29,31H,8-9H2,(H,24,25,32);2-3,7-8,11-13,23,26H,4-6H2,1H3,(H,18,19,27);4-5,7,9-12,23-24H,6H2,1-3H3,(H,18,19,26);3-4,6,8-11,22-23H,5H2,1-2H3,(H,24,25)(H,17,18,26);1-2,5,7,9-11,21,25H,3-4H2,(H,23,24)(H,16,17,26)/t15-,16-,17?,18?,20+;8-,11-,12?,13?,15+;9-,10+,11?,12?,15+;8-,9+,10?,11?,14+;7-,9+,10?,11?,13-/m00001/s1. The van der Waals surface area contributed by atoms with E-state index < -0.39 is 244 Å². The highest BCUT2D eigenvalue weighted by molar-refractivity contribution is 5.81. The van der Waals surface area contributed by atoms with Crippen molar-refractivity contribution in [2.24, 2.45) is 37.4 Å². The molecule has 0 amide bonds. The van der Waals surface area contributed by atoms with Crippen molar-refractivity contribution in [2.45, 2.75) is 199 Å². The number of aliphatic hydroxyl groups excluding tert-OH is 10. The number of ether oxygens (including phenoxy) is 10. The van der Waals surface area contributed by atoms with Crippen LogP contribution in [0.5, 0.6) is 0 Å². The average molecular weight is 2090 g/mol. The van der Waals surface area contributed by atoms with E-state index in [-0.39, 0.29) is 79.8 Å². The van der Waals surface area contributed by atoms with Gasteiger partial charge in [-0.15, -0.1) is 0 Å². The lowest BCUT2D eigenvalue weighted by molar-refractivity contribution is -0.143. The van der Waals surface area contributed by atoms with Crippen LogP contribution >= 0.6 is 0 Å². The van der Waals surface area contributed by atoms with Crippen LogP contribution in [0.2, 0.25) is 0 Å². The van der Waals surface area contributed by atoms with E-state index in [9.17, 15) is 131 Å². The van der Waals surface area contributed by atoms with Gasteiger partial charge in [0.1, 0.15) is 84.7 Å². The molecule has 5 fully saturated rings. The molecule has 11 heterocycles. The van der Waals surface area contributed by atoms with Crippen LogP contribution in [-0.4, -0.2) is 332 Å². The van der Waals surface area contributed by atoms with Crippen LogP contribution in [-0.2, 0) is 87.4 Å². The van der Waals surface area contributed by atoms with Gasteiger partial charge in [-0.1, -0.05) is 71.5 Å². The van der Waals surface area contributed by atoms with Gasteiger partial charge in [0.05, 0.1) is 59.7 Å².